The lowest BCUT2D eigenvalue weighted by Crippen LogP contribution is -2.34. The molecule has 2 aromatic rings. The molecule has 0 saturated carbocycles. The number of pyridine rings is 1. The second kappa shape index (κ2) is 8.14. The van der Waals surface area contributed by atoms with Gasteiger partial charge >= 0.3 is 5.97 Å². The first-order valence-electron chi connectivity index (χ1n) is 7.67. The lowest BCUT2D eigenvalue weighted by atomic mass is 10.1. The molecule has 0 fully saturated rings. The van der Waals surface area contributed by atoms with Crippen LogP contribution >= 0.6 is 0 Å². The Balaban J connectivity index is 2.12. The number of rotatable bonds is 6. The molecule has 1 unspecified atom stereocenters. The zero-order valence-corrected chi connectivity index (χ0v) is 14.3. The molecule has 1 atom stereocenters. The van der Waals surface area contributed by atoms with Crippen molar-refractivity contribution in [2.45, 2.75) is 19.5 Å². The van der Waals surface area contributed by atoms with Crippen molar-refractivity contribution < 1.29 is 19.1 Å². The number of esters is 1. The minimum atomic E-state index is -0.573. The molecule has 25 heavy (non-hydrogen) atoms. The number of nitrogens with one attached hydrogen (secondary N) is 1. The van der Waals surface area contributed by atoms with Crippen LogP contribution in [0.2, 0.25) is 0 Å². The molecule has 7 heteroatoms. The van der Waals surface area contributed by atoms with Crippen molar-refractivity contribution in [3.63, 3.8) is 0 Å². The van der Waals surface area contributed by atoms with E-state index in [2.05, 4.69) is 10.1 Å². The van der Waals surface area contributed by atoms with E-state index < -0.39 is 5.97 Å². The molecular weight excluding hydrogens is 324 g/mol. The summed E-state index contributed by atoms with van der Waals surface area (Å²) in [5, 5.41) is 2.81. The fourth-order valence-corrected chi connectivity index (χ4v) is 2.44. The summed E-state index contributed by atoms with van der Waals surface area (Å²) in [5.74, 6) is -0.265. The first kappa shape index (κ1) is 18.3. The monoisotopic (exact) mass is 344 g/mol. The molecule has 0 aliphatic heterocycles. The maximum absolute atomic E-state index is 12.3. The maximum atomic E-state index is 12.3. The average Bonchev–Trinajstić information content (AvgIpc) is 2.62. The zero-order valence-electron chi connectivity index (χ0n) is 14.3. The van der Waals surface area contributed by atoms with Crippen LogP contribution in [-0.4, -0.2) is 30.7 Å². The fourth-order valence-electron chi connectivity index (χ4n) is 2.44. The van der Waals surface area contributed by atoms with E-state index in [1.165, 1.54) is 25.4 Å². The number of ether oxygens (including phenoxy) is 2. The van der Waals surface area contributed by atoms with Gasteiger partial charge < -0.3 is 19.4 Å². The Labute approximate surface area is 145 Å². The Bertz CT molecular complexity index is 828. The SMILES string of the molecule is COC(=O)c1ccc(=O)n(CC(=O)NC(C)c2ccccc2OC)c1. The summed E-state index contributed by atoms with van der Waals surface area (Å²) in [7, 11) is 2.81. The first-order valence-corrected chi connectivity index (χ1v) is 7.67. The summed E-state index contributed by atoms with van der Waals surface area (Å²) < 4.78 is 11.1. The molecule has 0 bridgehead atoms. The number of hydrogen-bond acceptors (Lipinski definition) is 5. The number of hydrogen-bond donors (Lipinski definition) is 1. The maximum Gasteiger partial charge on any atom is 0.339 e. The van der Waals surface area contributed by atoms with Crippen LogP contribution in [0.5, 0.6) is 5.75 Å². The van der Waals surface area contributed by atoms with Crippen molar-refractivity contribution in [1.29, 1.82) is 0 Å². The number of nitrogens with zero attached hydrogens (tertiary/aromatic N) is 1. The fraction of sp³-hybridized carbons (Fsp3) is 0.278. The molecular formula is C18H20N2O5. The Morgan fingerprint density at radius 1 is 1.16 bits per heavy atom. The van der Waals surface area contributed by atoms with E-state index in [9.17, 15) is 14.4 Å². The number of carbonyl (C=O) groups excluding carboxylic acids is 2. The summed E-state index contributed by atoms with van der Waals surface area (Å²) in [4.78, 5) is 35.7. The van der Waals surface area contributed by atoms with Gasteiger partial charge in [-0.15, -0.1) is 0 Å². The molecule has 0 radical (unpaired) electrons. The summed E-state index contributed by atoms with van der Waals surface area (Å²) >= 11 is 0. The highest BCUT2D eigenvalue weighted by Gasteiger charge is 2.15. The highest BCUT2D eigenvalue weighted by atomic mass is 16.5. The van der Waals surface area contributed by atoms with Gasteiger partial charge in [-0.2, -0.15) is 0 Å². The molecule has 1 N–H and O–H groups in total. The first-order chi connectivity index (χ1) is 12.0. The van der Waals surface area contributed by atoms with Crippen LogP contribution in [0, 0.1) is 0 Å². The standard InChI is InChI=1S/C18H20N2O5/c1-12(14-6-4-5-7-15(14)24-2)19-16(21)11-20-10-13(18(23)25-3)8-9-17(20)22/h4-10,12H,11H2,1-3H3,(H,19,21). The molecule has 2 rings (SSSR count). The van der Waals surface area contributed by atoms with Gasteiger partial charge in [0.2, 0.25) is 5.91 Å². The van der Waals surface area contributed by atoms with Crippen LogP contribution in [-0.2, 0) is 16.1 Å². The van der Waals surface area contributed by atoms with E-state index in [-0.39, 0.29) is 29.6 Å². The van der Waals surface area contributed by atoms with Crippen molar-refractivity contribution in [3.8, 4) is 5.75 Å². The van der Waals surface area contributed by atoms with Crippen LogP contribution in [0.15, 0.2) is 47.4 Å². The third-order valence-electron chi connectivity index (χ3n) is 3.70. The number of carbonyl (C=O) groups is 2. The Morgan fingerprint density at radius 3 is 2.56 bits per heavy atom. The summed E-state index contributed by atoms with van der Waals surface area (Å²) in [5.41, 5.74) is 0.648. The van der Waals surface area contributed by atoms with Gasteiger partial charge in [-0.05, 0) is 19.1 Å². The van der Waals surface area contributed by atoms with E-state index in [1.54, 1.807) is 7.11 Å². The van der Waals surface area contributed by atoms with E-state index in [0.717, 1.165) is 10.1 Å². The Kier molecular flexibility index (Phi) is 5.94. The Morgan fingerprint density at radius 2 is 1.88 bits per heavy atom. The summed E-state index contributed by atoms with van der Waals surface area (Å²) in [6, 6.07) is 9.64. The van der Waals surface area contributed by atoms with Gasteiger partial charge in [0.05, 0.1) is 25.8 Å². The lowest BCUT2D eigenvalue weighted by Gasteiger charge is -2.17. The van der Waals surface area contributed by atoms with E-state index in [4.69, 9.17) is 4.74 Å². The normalized spacial score (nSPS) is 11.5. The van der Waals surface area contributed by atoms with Crippen LogP contribution < -0.4 is 15.6 Å². The van der Waals surface area contributed by atoms with Crippen LogP contribution in [0.4, 0.5) is 0 Å². The van der Waals surface area contributed by atoms with Crippen molar-refractivity contribution in [2.75, 3.05) is 14.2 Å². The number of para-hydroxylation sites is 1. The quantitative estimate of drug-likeness (QED) is 0.803. The third kappa shape index (κ3) is 4.47. The van der Waals surface area contributed by atoms with E-state index in [1.807, 2.05) is 31.2 Å². The minimum Gasteiger partial charge on any atom is -0.496 e. The highest BCUT2D eigenvalue weighted by Crippen LogP contribution is 2.24. The zero-order chi connectivity index (χ0) is 18.4. The van der Waals surface area contributed by atoms with Gasteiger partial charge in [-0.3, -0.25) is 9.59 Å². The van der Waals surface area contributed by atoms with E-state index in [0.29, 0.717) is 5.75 Å². The largest absolute Gasteiger partial charge is 0.496 e. The van der Waals surface area contributed by atoms with Gasteiger partial charge in [-0.1, -0.05) is 18.2 Å². The molecule has 0 aliphatic rings. The molecule has 0 saturated heterocycles. The average molecular weight is 344 g/mol. The number of methoxy groups -OCH3 is 2. The summed E-state index contributed by atoms with van der Waals surface area (Å²) in [6.45, 7) is 1.62. The minimum absolute atomic E-state index is 0.202. The van der Waals surface area contributed by atoms with Gasteiger partial charge in [0.25, 0.3) is 5.56 Å². The predicted molar refractivity (Wildman–Crippen MR) is 91.6 cm³/mol. The topological polar surface area (TPSA) is 86.6 Å². The number of amides is 1. The molecule has 0 spiro atoms. The molecule has 132 valence electrons. The molecule has 0 aliphatic carbocycles. The van der Waals surface area contributed by atoms with Gasteiger partial charge in [-0.25, -0.2) is 4.79 Å². The molecule has 1 heterocycles. The van der Waals surface area contributed by atoms with Gasteiger partial charge in [0.1, 0.15) is 12.3 Å². The molecule has 1 aromatic carbocycles. The Hall–Kier alpha value is -3.09. The molecule has 1 amide bonds. The van der Waals surface area contributed by atoms with Crippen LogP contribution in [0.1, 0.15) is 28.9 Å². The van der Waals surface area contributed by atoms with Crippen molar-refractivity contribution in [1.82, 2.24) is 9.88 Å². The van der Waals surface area contributed by atoms with Crippen molar-refractivity contribution in [2.24, 2.45) is 0 Å². The summed E-state index contributed by atoms with van der Waals surface area (Å²) in [6.07, 6.45) is 1.31. The smallest absolute Gasteiger partial charge is 0.339 e. The second-order valence-electron chi connectivity index (χ2n) is 5.41. The lowest BCUT2D eigenvalue weighted by molar-refractivity contribution is -0.122. The van der Waals surface area contributed by atoms with Crippen LogP contribution in [0.25, 0.3) is 0 Å². The van der Waals surface area contributed by atoms with Crippen molar-refractivity contribution in [3.05, 3.63) is 64.1 Å². The number of benzene rings is 1. The van der Waals surface area contributed by atoms with Crippen molar-refractivity contribution >= 4 is 11.9 Å². The highest BCUT2D eigenvalue weighted by molar-refractivity contribution is 5.89. The van der Waals surface area contributed by atoms with Gasteiger partial charge in [0.15, 0.2) is 0 Å². The number of aromatic nitrogens is 1. The second-order valence-corrected chi connectivity index (χ2v) is 5.41. The van der Waals surface area contributed by atoms with E-state index >= 15 is 0 Å². The predicted octanol–water partition coefficient (Wildman–Crippen LogP) is 1.52. The molecule has 1 aromatic heterocycles. The van der Waals surface area contributed by atoms with Gasteiger partial charge in [0, 0.05) is 17.8 Å². The van der Waals surface area contributed by atoms with Crippen LogP contribution in [0.3, 0.4) is 0 Å². The third-order valence-corrected chi connectivity index (χ3v) is 3.70. The molecule has 7 nitrogen and oxygen atoms in total.